The first-order chi connectivity index (χ1) is 16.4. The van der Waals surface area contributed by atoms with E-state index in [4.69, 9.17) is 10.5 Å². The molecule has 4 N–H and O–H groups in total. The summed E-state index contributed by atoms with van der Waals surface area (Å²) >= 11 is 0. The van der Waals surface area contributed by atoms with Gasteiger partial charge in [0.15, 0.2) is 0 Å². The van der Waals surface area contributed by atoms with Crippen molar-refractivity contribution in [3.8, 4) is 0 Å². The number of esters is 1. The fourth-order valence-electron chi connectivity index (χ4n) is 4.67. The van der Waals surface area contributed by atoms with Crippen LogP contribution in [-0.2, 0) is 25.5 Å². The number of anilines is 1. The van der Waals surface area contributed by atoms with Crippen molar-refractivity contribution in [2.45, 2.75) is 91.4 Å². The van der Waals surface area contributed by atoms with E-state index in [0.717, 1.165) is 24.1 Å². The Hall–Kier alpha value is -2.45. The van der Waals surface area contributed by atoms with Crippen LogP contribution in [0.15, 0.2) is 24.3 Å². The summed E-state index contributed by atoms with van der Waals surface area (Å²) in [5, 5.41) is 13.5. The number of aliphatic hydroxyl groups is 1. The molecule has 0 bridgehead atoms. The third-order valence-electron chi connectivity index (χ3n) is 6.53. The number of carbonyl (C=O) groups excluding carboxylic acids is 3. The predicted molar refractivity (Wildman–Crippen MR) is 137 cm³/mol. The number of hydrogen-bond donors (Lipinski definition) is 3. The van der Waals surface area contributed by atoms with Gasteiger partial charge in [0.2, 0.25) is 11.8 Å². The largest absolute Gasteiger partial charge is 0.460 e. The molecule has 4 unspecified atom stereocenters. The Morgan fingerprint density at radius 1 is 1.29 bits per heavy atom. The lowest BCUT2D eigenvalue weighted by Crippen LogP contribution is -2.46. The number of ether oxygens (including phenoxy) is 1. The number of nitrogens with two attached hydrogens (primary N) is 1. The first-order valence-corrected chi connectivity index (χ1v) is 12.7. The maximum Gasteiger partial charge on any atom is 0.302 e. The highest BCUT2D eigenvalue weighted by molar-refractivity contribution is 5.95. The molecule has 1 aliphatic heterocycles. The predicted octanol–water partition coefficient (Wildman–Crippen LogP) is 2.94. The standard InChI is InChI=1S/C27H43N3O5/c1-6-7-12-29-26(34)18(2)13-24(32)22(28)15-27(4,5)16-25(33)30-17-21(35-19(3)31)14-20-10-8-9-11-23(20)30/h8-11,18,21-22,24,32H,6-7,12-17,28H2,1-5H3,(H,29,34). The molecule has 8 heteroatoms. The summed E-state index contributed by atoms with van der Waals surface area (Å²) in [5.74, 6) is -0.869. The van der Waals surface area contributed by atoms with Crippen molar-refractivity contribution in [3.05, 3.63) is 29.8 Å². The number of nitrogens with one attached hydrogen (secondary N) is 1. The second kappa shape index (κ2) is 13.0. The third kappa shape index (κ3) is 8.93. The van der Waals surface area contributed by atoms with Crippen LogP contribution in [0, 0.1) is 11.3 Å². The molecular weight excluding hydrogens is 446 g/mol. The Morgan fingerprint density at radius 3 is 2.63 bits per heavy atom. The minimum atomic E-state index is -0.847. The molecule has 0 aliphatic carbocycles. The van der Waals surface area contributed by atoms with Crippen LogP contribution in [-0.4, -0.2) is 54.2 Å². The number of benzene rings is 1. The lowest BCUT2D eigenvalue weighted by atomic mass is 9.79. The first-order valence-electron chi connectivity index (χ1n) is 12.7. The second-order valence-corrected chi connectivity index (χ2v) is 10.6. The monoisotopic (exact) mass is 489 g/mol. The van der Waals surface area contributed by atoms with Gasteiger partial charge in [-0.3, -0.25) is 14.4 Å². The minimum Gasteiger partial charge on any atom is -0.460 e. The third-order valence-corrected chi connectivity index (χ3v) is 6.53. The van der Waals surface area contributed by atoms with Crippen molar-refractivity contribution >= 4 is 23.5 Å². The number of carbonyl (C=O) groups is 3. The molecule has 196 valence electrons. The van der Waals surface area contributed by atoms with Gasteiger partial charge in [0, 0.05) is 44.0 Å². The van der Waals surface area contributed by atoms with Crippen LogP contribution in [0.3, 0.4) is 0 Å². The van der Waals surface area contributed by atoms with E-state index >= 15 is 0 Å². The average Bonchev–Trinajstić information content (AvgIpc) is 2.77. The van der Waals surface area contributed by atoms with Gasteiger partial charge in [-0.05, 0) is 36.3 Å². The zero-order chi connectivity index (χ0) is 26.2. The van der Waals surface area contributed by atoms with E-state index in [1.54, 1.807) is 11.8 Å². The van der Waals surface area contributed by atoms with Gasteiger partial charge in [-0.25, -0.2) is 0 Å². The van der Waals surface area contributed by atoms with E-state index in [9.17, 15) is 19.5 Å². The summed E-state index contributed by atoms with van der Waals surface area (Å²) in [6.07, 6.45) is 2.18. The quantitative estimate of drug-likeness (QED) is 0.307. The molecule has 1 heterocycles. The molecule has 1 aromatic carbocycles. The van der Waals surface area contributed by atoms with E-state index in [2.05, 4.69) is 12.2 Å². The zero-order valence-electron chi connectivity index (χ0n) is 21.9. The molecule has 0 radical (unpaired) electrons. The zero-order valence-corrected chi connectivity index (χ0v) is 21.9. The van der Waals surface area contributed by atoms with Gasteiger partial charge >= 0.3 is 5.97 Å². The van der Waals surface area contributed by atoms with Gasteiger partial charge in [0.1, 0.15) is 6.10 Å². The van der Waals surface area contributed by atoms with E-state index in [1.807, 2.05) is 38.1 Å². The topological polar surface area (TPSA) is 122 Å². The van der Waals surface area contributed by atoms with Crippen molar-refractivity contribution < 1.29 is 24.2 Å². The summed E-state index contributed by atoms with van der Waals surface area (Å²) in [6, 6.07) is 7.09. The van der Waals surface area contributed by atoms with Gasteiger partial charge in [0.25, 0.3) is 0 Å². The van der Waals surface area contributed by atoms with Crippen LogP contribution in [0.1, 0.15) is 72.3 Å². The number of fused-ring (bicyclic) bond motifs is 1. The van der Waals surface area contributed by atoms with Crippen LogP contribution in [0.2, 0.25) is 0 Å². The highest BCUT2D eigenvalue weighted by Crippen LogP contribution is 2.33. The molecule has 35 heavy (non-hydrogen) atoms. The Kier molecular flexibility index (Phi) is 10.7. The second-order valence-electron chi connectivity index (χ2n) is 10.6. The Labute approximate surface area is 209 Å². The molecular formula is C27H43N3O5. The number of rotatable bonds is 12. The lowest BCUT2D eigenvalue weighted by Gasteiger charge is -2.37. The summed E-state index contributed by atoms with van der Waals surface area (Å²) in [7, 11) is 0. The minimum absolute atomic E-state index is 0.0785. The number of unbranched alkanes of at least 4 members (excludes halogenated alkanes) is 1. The maximum absolute atomic E-state index is 13.4. The molecule has 0 fully saturated rings. The van der Waals surface area contributed by atoms with Crippen LogP contribution >= 0.6 is 0 Å². The normalized spacial score (nSPS) is 18.3. The van der Waals surface area contributed by atoms with Crippen LogP contribution < -0.4 is 16.0 Å². The fraction of sp³-hybridized carbons (Fsp3) is 0.667. The smallest absolute Gasteiger partial charge is 0.302 e. The molecule has 0 saturated heterocycles. The Balaban J connectivity index is 1.98. The molecule has 2 rings (SSSR count). The SMILES string of the molecule is CCCCNC(=O)C(C)CC(O)C(N)CC(C)(C)CC(=O)N1CC(OC(C)=O)Cc2ccccc21. The molecule has 0 spiro atoms. The van der Waals surface area contributed by atoms with E-state index in [1.165, 1.54) is 6.92 Å². The molecule has 1 aromatic rings. The van der Waals surface area contributed by atoms with Crippen molar-refractivity contribution in [3.63, 3.8) is 0 Å². The first kappa shape index (κ1) is 28.8. The van der Waals surface area contributed by atoms with E-state index < -0.39 is 17.6 Å². The molecule has 0 aromatic heterocycles. The van der Waals surface area contributed by atoms with Gasteiger partial charge in [-0.15, -0.1) is 0 Å². The van der Waals surface area contributed by atoms with Crippen molar-refractivity contribution in [2.24, 2.45) is 17.1 Å². The number of hydrogen-bond acceptors (Lipinski definition) is 6. The summed E-state index contributed by atoms with van der Waals surface area (Å²) in [4.78, 5) is 38.8. The number of aliphatic hydroxyl groups excluding tert-OH is 1. The number of para-hydroxylation sites is 1. The van der Waals surface area contributed by atoms with E-state index in [-0.39, 0.29) is 42.6 Å². The van der Waals surface area contributed by atoms with Crippen molar-refractivity contribution in [1.29, 1.82) is 0 Å². The summed E-state index contributed by atoms with van der Waals surface area (Å²) < 4.78 is 5.42. The lowest BCUT2D eigenvalue weighted by molar-refractivity contribution is -0.146. The van der Waals surface area contributed by atoms with Crippen LogP contribution in [0.5, 0.6) is 0 Å². The van der Waals surface area contributed by atoms with Gasteiger partial charge in [-0.1, -0.05) is 52.3 Å². The summed E-state index contributed by atoms with van der Waals surface area (Å²) in [6.45, 7) is 10.1. The number of nitrogens with zero attached hydrogens (tertiary/aromatic N) is 1. The van der Waals surface area contributed by atoms with Gasteiger partial charge in [0.05, 0.1) is 12.6 Å². The van der Waals surface area contributed by atoms with E-state index in [0.29, 0.717) is 25.9 Å². The van der Waals surface area contributed by atoms with Crippen molar-refractivity contribution in [1.82, 2.24) is 5.32 Å². The Bertz CT molecular complexity index is 872. The molecule has 4 atom stereocenters. The average molecular weight is 490 g/mol. The number of amides is 2. The van der Waals surface area contributed by atoms with Gasteiger partial charge in [-0.2, -0.15) is 0 Å². The molecule has 8 nitrogen and oxygen atoms in total. The van der Waals surface area contributed by atoms with Crippen LogP contribution in [0.25, 0.3) is 0 Å². The van der Waals surface area contributed by atoms with Gasteiger partial charge < -0.3 is 25.8 Å². The molecule has 1 aliphatic rings. The summed E-state index contributed by atoms with van der Waals surface area (Å²) in [5.41, 5.74) is 7.64. The van der Waals surface area contributed by atoms with Crippen molar-refractivity contribution in [2.75, 3.05) is 18.0 Å². The van der Waals surface area contributed by atoms with Crippen LogP contribution in [0.4, 0.5) is 5.69 Å². The Morgan fingerprint density at radius 2 is 1.97 bits per heavy atom. The maximum atomic E-state index is 13.4. The molecule has 0 saturated carbocycles. The molecule has 2 amide bonds. The highest BCUT2D eigenvalue weighted by atomic mass is 16.5. The fourth-order valence-corrected chi connectivity index (χ4v) is 4.67. The highest BCUT2D eigenvalue weighted by Gasteiger charge is 2.35.